The van der Waals surface area contributed by atoms with Crippen molar-refractivity contribution >= 4 is 0 Å². The first-order valence-electron chi connectivity index (χ1n) is 4.17. The zero-order chi connectivity index (χ0) is 8.55. The highest BCUT2D eigenvalue weighted by Gasteiger charge is 2.37. The molecule has 1 fully saturated rings. The number of aliphatic hydroxyl groups excluding tert-OH is 1. The van der Waals surface area contributed by atoms with Gasteiger partial charge in [-0.2, -0.15) is 0 Å². The summed E-state index contributed by atoms with van der Waals surface area (Å²) in [7, 11) is 0. The number of rotatable bonds is 2. The molecule has 1 aromatic rings. The second-order valence-corrected chi connectivity index (χ2v) is 3.34. The predicted octanol–water partition coefficient (Wildman–Crippen LogP) is 1.92. The molecule has 0 aromatic heterocycles. The van der Waals surface area contributed by atoms with Crippen molar-refractivity contribution in [2.75, 3.05) is 6.61 Å². The summed E-state index contributed by atoms with van der Waals surface area (Å²) in [5.41, 5.74) is 1.15. The molecule has 1 nitrogen and oxygen atoms in total. The average molecular weight is 166 g/mol. The van der Waals surface area contributed by atoms with E-state index in [9.17, 15) is 4.39 Å². The molecule has 0 spiro atoms. The minimum absolute atomic E-state index is 0.194. The van der Waals surface area contributed by atoms with Crippen molar-refractivity contribution in [3.8, 4) is 0 Å². The van der Waals surface area contributed by atoms with Gasteiger partial charge in [0.25, 0.3) is 0 Å². The van der Waals surface area contributed by atoms with Crippen molar-refractivity contribution in [2.24, 2.45) is 5.92 Å². The quantitative estimate of drug-likeness (QED) is 0.711. The van der Waals surface area contributed by atoms with E-state index in [1.807, 2.05) is 0 Å². The van der Waals surface area contributed by atoms with Crippen LogP contribution in [0, 0.1) is 11.7 Å². The normalized spacial score (nSPS) is 27.2. The summed E-state index contributed by atoms with van der Waals surface area (Å²) in [5, 5.41) is 8.82. The lowest BCUT2D eigenvalue weighted by atomic mass is 10.1. The van der Waals surface area contributed by atoms with Crippen LogP contribution in [-0.2, 0) is 0 Å². The largest absolute Gasteiger partial charge is 0.396 e. The number of halogens is 1. The smallest absolute Gasteiger partial charge is 0.123 e. The number of aliphatic hydroxyl groups is 1. The van der Waals surface area contributed by atoms with Gasteiger partial charge in [0, 0.05) is 6.61 Å². The highest BCUT2D eigenvalue weighted by molar-refractivity contribution is 5.26. The molecule has 0 amide bonds. The van der Waals surface area contributed by atoms with Gasteiger partial charge < -0.3 is 5.11 Å². The Hall–Kier alpha value is -0.890. The lowest BCUT2D eigenvalue weighted by Crippen LogP contribution is -1.88. The molecule has 2 rings (SSSR count). The van der Waals surface area contributed by atoms with Crippen LogP contribution in [0.5, 0.6) is 0 Å². The minimum atomic E-state index is -0.194. The predicted molar refractivity (Wildman–Crippen MR) is 44.3 cm³/mol. The molecule has 1 aromatic carbocycles. The van der Waals surface area contributed by atoms with Crippen LogP contribution in [0.15, 0.2) is 24.3 Å². The van der Waals surface area contributed by atoms with Gasteiger partial charge in [0.15, 0.2) is 0 Å². The number of hydrogen-bond acceptors (Lipinski definition) is 1. The Labute approximate surface area is 70.8 Å². The Kier molecular flexibility index (Phi) is 1.85. The molecule has 12 heavy (non-hydrogen) atoms. The first-order valence-corrected chi connectivity index (χ1v) is 4.17. The zero-order valence-corrected chi connectivity index (χ0v) is 6.70. The third-order valence-electron chi connectivity index (χ3n) is 2.46. The molecule has 1 saturated carbocycles. The zero-order valence-electron chi connectivity index (χ0n) is 6.70. The summed E-state index contributed by atoms with van der Waals surface area (Å²) in [6.07, 6.45) is 1.04. The summed E-state index contributed by atoms with van der Waals surface area (Å²) >= 11 is 0. The van der Waals surface area contributed by atoms with Gasteiger partial charge in [-0.05, 0) is 36.0 Å². The van der Waals surface area contributed by atoms with Gasteiger partial charge in [-0.3, -0.25) is 0 Å². The maximum absolute atomic E-state index is 12.5. The van der Waals surface area contributed by atoms with Crippen LogP contribution >= 0.6 is 0 Å². The van der Waals surface area contributed by atoms with Crippen molar-refractivity contribution in [3.63, 3.8) is 0 Å². The van der Waals surface area contributed by atoms with Crippen LogP contribution in [0.25, 0.3) is 0 Å². The topological polar surface area (TPSA) is 20.2 Å². The molecular formula is C10H11FO. The first kappa shape index (κ1) is 7.74. The van der Waals surface area contributed by atoms with Gasteiger partial charge >= 0.3 is 0 Å². The lowest BCUT2D eigenvalue weighted by molar-refractivity contribution is 0.274. The fourth-order valence-electron chi connectivity index (χ4n) is 1.57. The van der Waals surface area contributed by atoms with Crippen LogP contribution in [0.1, 0.15) is 17.9 Å². The Morgan fingerprint density at radius 2 is 2.00 bits per heavy atom. The second kappa shape index (κ2) is 2.87. The van der Waals surface area contributed by atoms with Gasteiger partial charge in [-0.15, -0.1) is 0 Å². The average Bonchev–Trinajstić information content (AvgIpc) is 2.85. The fraction of sp³-hybridized carbons (Fsp3) is 0.400. The van der Waals surface area contributed by atoms with Crippen molar-refractivity contribution in [2.45, 2.75) is 12.3 Å². The monoisotopic (exact) mass is 166 g/mol. The minimum Gasteiger partial charge on any atom is -0.396 e. The Balaban J connectivity index is 2.10. The van der Waals surface area contributed by atoms with E-state index in [-0.39, 0.29) is 12.4 Å². The molecule has 1 aliphatic carbocycles. The van der Waals surface area contributed by atoms with Crippen LogP contribution in [0.4, 0.5) is 4.39 Å². The molecule has 0 radical (unpaired) electrons. The number of hydrogen-bond donors (Lipinski definition) is 1. The van der Waals surface area contributed by atoms with Crippen LogP contribution in [0.3, 0.4) is 0 Å². The summed E-state index contributed by atoms with van der Waals surface area (Å²) in [4.78, 5) is 0. The van der Waals surface area contributed by atoms with Gasteiger partial charge in [0.2, 0.25) is 0 Å². The van der Waals surface area contributed by atoms with E-state index in [1.165, 1.54) is 12.1 Å². The highest BCUT2D eigenvalue weighted by atomic mass is 19.1. The van der Waals surface area contributed by atoms with Crippen LogP contribution in [0.2, 0.25) is 0 Å². The summed E-state index contributed by atoms with van der Waals surface area (Å²) in [6, 6.07) is 6.55. The summed E-state index contributed by atoms with van der Waals surface area (Å²) in [6.45, 7) is 0.252. The highest BCUT2D eigenvalue weighted by Crippen LogP contribution is 2.46. The van der Waals surface area contributed by atoms with Crippen molar-refractivity contribution < 1.29 is 9.50 Å². The maximum Gasteiger partial charge on any atom is 0.123 e. The SMILES string of the molecule is OC[C@@H]1C[C@H]1c1ccc(F)cc1. The molecule has 2 atom stereocenters. The molecule has 1 aliphatic rings. The van der Waals surface area contributed by atoms with E-state index in [0.29, 0.717) is 11.8 Å². The van der Waals surface area contributed by atoms with Gasteiger partial charge in [0.05, 0.1) is 0 Å². The second-order valence-electron chi connectivity index (χ2n) is 3.34. The Morgan fingerprint density at radius 3 is 2.50 bits per heavy atom. The van der Waals surface area contributed by atoms with Gasteiger partial charge in [0.1, 0.15) is 5.82 Å². The third-order valence-corrected chi connectivity index (χ3v) is 2.46. The standard InChI is InChI=1S/C10H11FO/c11-9-3-1-7(2-4-9)10-5-8(10)6-12/h1-4,8,10,12H,5-6H2/t8-,10-/m0/s1. The molecule has 0 saturated heterocycles. The van der Waals surface area contributed by atoms with Crippen molar-refractivity contribution in [1.82, 2.24) is 0 Å². The van der Waals surface area contributed by atoms with E-state index in [1.54, 1.807) is 12.1 Å². The van der Waals surface area contributed by atoms with E-state index in [0.717, 1.165) is 12.0 Å². The number of benzene rings is 1. The van der Waals surface area contributed by atoms with Gasteiger partial charge in [-0.1, -0.05) is 12.1 Å². The molecule has 64 valence electrons. The van der Waals surface area contributed by atoms with E-state index in [4.69, 9.17) is 5.11 Å². The van der Waals surface area contributed by atoms with Crippen molar-refractivity contribution in [1.29, 1.82) is 0 Å². The molecule has 0 unspecified atom stereocenters. The van der Waals surface area contributed by atoms with Crippen LogP contribution < -0.4 is 0 Å². The van der Waals surface area contributed by atoms with Crippen molar-refractivity contribution in [3.05, 3.63) is 35.6 Å². The van der Waals surface area contributed by atoms with Gasteiger partial charge in [-0.25, -0.2) is 4.39 Å². The van der Waals surface area contributed by atoms with E-state index in [2.05, 4.69) is 0 Å². The molecule has 0 bridgehead atoms. The Bertz CT molecular complexity index is 268. The fourth-order valence-corrected chi connectivity index (χ4v) is 1.57. The summed E-state index contributed by atoms with van der Waals surface area (Å²) in [5.74, 6) is 0.686. The van der Waals surface area contributed by atoms with E-state index >= 15 is 0 Å². The third kappa shape index (κ3) is 1.34. The van der Waals surface area contributed by atoms with Crippen LogP contribution in [-0.4, -0.2) is 11.7 Å². The Morgan fingerprint density at radius 1 is 1.33 bits per heavy atom. The molecule has 0 aliphatic heterocycles. The molecular weight excluding hydrogens is 155 g/mol. The maximum atomic E-state index is 12.5. The molecule has 2 heteroatoms. The summed E-state index contributed by atoms with van der Waals surface area (Å²) < 4.78 is 12.5. The molecule has 1 N–H and O–H groups in total. The van der Waals surface area contributed by atoms with E-state index < -0.39 is 0 Å². The first-order chi connectivity index (χ1) is 5.81. The molecule has 0 heterocycles. The lowest BCUT2D eigenvalue weighted by Gasteiger charge is -1.97.